The van der Waals surface area contributed by atoms with E-state index in [0.717, 1.165) is 5.69 Å². The lowest BCUT2D eigenvalue weighted by Crippen LogP contribution is -2.03. The molecule has 0 amide bonds. The Balaban J connectivity index is 2.94. The summed E-state index contributed by atoms with van der Waals surface area (Å²) in [6, 6.07) is 1.65. The van der Waals surface area contributed by atoms with E-state index in [2.05, 4.69) is 14.8 Å². The van der Waals surface area contributed by atoms with Gasteiger partial charge in [-0.05, 0) is 6.92 Å². The zero-order chi connectivity index (χ0) is 6.69. The first-order valence-corrected chi connectivity index (χ1v) is 2.48. The third kappa shape index (κ3) is 1.36. The lowest BCUT2D eigenvalue weighted by atomic mass is 10.4. The number of hydrogen-bond acceptors (Lipinski definition) is 4. The fourth-order valence-electron chi connectivity index (χ4n) is 0.495. The van der Waals surface area contributed by atoms with Crippen molar-refractivity contribution in [1.29, 1.82) is 0 Å². The van der Waals surface area contributed by atoms with Gasteiger partial charge in [-0.15, -0.1) is 0 Å². The SMILES string of the molecule is Cc1cc(ON)ncn1. The van der Waals surface area contributed by atoms with Crippen molar-refractivity contribution in [3.63, 3.8) is 0 Å². The van der Waals surface area contributed by atoms with Gasteiger partial charge in [-0.2, -0.15) is 5.90 Å². The van der Waals surface area contributed by atoms with Gasteiger partial charge >= 0.3 is 0 Å². The molecule has 0 aromatic carbocycles. The maximum Gasteiger partial charge on any atom is 0.240 e. The maximum absolute atomic E-state index is 4.83. The molecule has 9 heavy (non-hydrogen) atoms. The molecule has 0 radical (unpaired) electrons. The molecule has 0 unspecified atom stereocenters. The largest absolute Gasteiger partial charge is 0.391 e. The topological polar surface area (TPSA) is 61.0 Å². The molecule has 0 bridgehead atoms. The third-order valence-corrected chi connectivity index (χ3v) is 0.899. The summed E-state index contributed by atoms with van der Waals surface area (Å²) in [7, 11) is 0. The molecule has 0 spiro atoms. The standard InChI is InChI=1S/C5H7N3O/c1-4-2-5(9-6)8-3-7-4/h2-3H,6H2,1H3. The molecular weight excluding hydrogens is 118 g/mol. The first-order valence-electron chi connectivity index (χ1n) is 2.48. The molecule has 0 atom stereocenters. The van der Waals surface area contributed by atoms with E-state index < -0.39 is 0 Å². The minimum absolute atomic E-state index is 0.391. The van der Waals surface area contributed by atoms with Crippen LogP contribution in [0.4, 0.5) is 0 Å². The van der Waals surface area contributed by atoms with Gasteiger partial charge in [0.1, 0.15) is 6.33 Å². The predicted molar refractivity (Wildman–Crippen MR) is 31.6 cm³/mol. The van der Waals surface area contributed by atoms with Crippen LogP contribution < -0.4 is 10.7 Å². The first kappa shape index (κ1) is 5.97. The Morgan fingerprint density at radius 1 is 1.56 bits per heavy atom. The van der Waals surface area contributed by atoms with Crippen LogP contribution in [0, 0.1) is 6.92 Å². The van der Waals surface area contributed by atoms with Crippen molar-refractivity contribution in [3.05, 3.63) is 18.1 Å². The number of nitrogens with zero attached hydrogens (tertiary/aromatic N) is 2. The van der Waals surface area contributed by atoms with Crippen LogP contribution in [0.5, 0.6) is 5.88 Å². The van der Waals surface area contributed by atoms with E-state index in [1.54, 1.807) is 6.07 Å². The van der Waals surface area contributed by atoms with Crippen LogP contribution in [0.1, 0.15) is 5.69 Å². The average Bonchev–Trinajstić information content (AvgIpc) is 1.88. The summed E-state index contributed by atoms with van der Waals surface area (Å²) in [4.78, 5) is 11.9. The van der Waals surface area contributed by atoms with Gasteiger partial charge in [0, 0.05) is 11.8 Å². The minimum atomic E-state index is 0.391. The van der Waals surface area contributed by atoms with E-state index in [4.69, 9.17) is 5.90 Å². The lowest BCUT2D eigenvalue weighted by Gasteiger charge is -1.94. The number of rotatable bonds is 1. The van der Waals surface area contributed by atoms with Crippen LogP contribution in [0.2, 0.25) is 0 Å². The Bertz CT molecular complexity index is 201. The van der Waals surface area contributed by atoms with Crippen LogP contribution in [0.15, 0.2) is 12.4 Å². The van der Waals surface area contributed by atoms with Gasteiger partial charge in [0.15, 0.2) is 0 Å². The number of aromatic nitrogens is 2. The molecule has 0 aliphatic carbocycles. The zero-order valence-corrected chi connectivity index (χ0v) is 5.03. The molecule has 0 aliphatic heterocycles. The van der Waals surface area contributed by atoms with Crippen LogP contribution in [0.3, 0.4) is 0 Å². The Morgan fingerprint density at radius 2 is 2.33 bits per heavy atom. The summed E-state index contributed by atoms with van der Waals surface area (Å²) in [5, 5.41) is 0. The van der Waals surface area contributed by atoms with Crippen molar-refractivity contribution in [3.8, 4) is 5.88 Å². The van der Waals surface area contributed by atoms with Crippen LogP contribution in [-0.4, -0.2) is 9.97 Å². The summed E-state index contributed by atoms with van der Waals surface area (Å²) in [5.74, 6) is 5.22. The van der Waals surface area contributed by atoms with Crippen LogP contribution in [-0.2, 0) is 0 Å². The van der Waals surface area contributed by atoms with Gasteiger partial charge in [-0.1, -0.05) is 0 Å². The highest BCUT2D eigenvalue weighted by molar-refractivity contribution is 5.10. The molecule has 2 N–H and O–H groups in total. The average molecular weight is 125 g/mol. The smallest absolute Gasteiger partial charge is 0.240 e. The maximum atomic E-state index is 4.83. The molecule has 4 nitrogen and oxygen atoms in total. The quantitative estimate of drug-likeness (QED) is 0.538. The Hall–Kier alpha value is -1.16. The monoisotopic (exact) mass is 125 g/mol. The van der Waals surface area contributed by atoms with E-state index >= 15 is 0 Å². The summed E-state index contributed by atoms with van der Waals surface area (Å²) in [5.41, 5.74) is 0.838. The van der Waals surface area contributed by atoms with Crippen molar-refractivity contribution < 1.29 is 4.84 Å². The first-order chi connectivity index (χ1) is 4.33. The normalized spacial score (nSPS) is 9.11. The summed E-state index contributed by atoms with van der Waals surface area (Å²) in [6.07, 6.45) is 1.40. The van der Waals surface area contributed by atoms with Gasteiger partial charge < -0.3 is 4.84 Å². The molecule has 0 fully saturated rings. The molecular formula is C5H7N3O. The molecule has 0 aliphatic rings. The Kier molecular flexibility index (Phi) is 1.60. The molecule has 1 aromatic heterocycles. The molecule has 0 saturated carbocycles. The van der Waals surface area contributed by atoms with Crippen molar-refractivity contribution in [2.45, 2.75) is 6.92 Å². The fraction of sp³-hybridized carbons (Fsp3) is 0.200. The molecule has 1 aromatic rings. The Morgan fingerprint density at radius 3 is 2.78 bits per heavy atom. The van der Waals surface area contributed by atoms with Crippen molar-refractivity contribution in [2.75, 3.05) is 0 Å². The minimum Gasteiger partial charge on any atom is -0.391 e. The zero-order valence-electron chi connectivity index (χ0n) is 5.03. The van der Waals surface area contributed by atoms with E-state index in [0.29, 0.717) is 5.88 Å². The van der Waals surface area contributed by atoms with Gasteiger partial charge in [0.25, 0.3) is 0 Å². The third-order valence-electron chi connectivity index (χ3n) is 0.899. The molecule has 48 valence electrons. The van der Waals surface area contributed by atoms with Crippen LogP contribution in [0.25, 0.3) is 0 Å². The molecule has 1 heterocycles. The fourth-order valence-corrected chi connectivity index (χ4v) is 0.495. The highest BCUT2D eigenvalue weighted by atomic mass is 16.6. The van der Waals surface area contributed by atoms with E-state index in [-0.39, 0.29) is 0 Å². The van der Waals surface area contributed by atoms with Crippen molar-refractivity contribution in [1.82, 2.24) is 9.97 Å². The highest BCUT2D eigenvalue weighted by Gasteiger charge is 1.90. The summed E-state index contributed by atoms with van der Waals surface area (Å²) < 4.78 is 0. The molecule has 0 saturated heterocycles. The van der Waals surface area contributed by atoms with Gasteiger partial charge in [0.05, 0.1) is 0 Å². The summed E-state index contributed by atoms with van der Waals surface area (Å²) in [6.45, 7) is 1.84. The second kappa shape index (κ2) is 2.41. The van der Waals surface area contributed by atoms with E-state index in [9.17, 15) is 0 Å². The van der Waals surface area contributed by atoms with Gasteiger partial charge in [-0.3, -0.25) is 0 Å². The van der Waals surface area contributed by atoms with Gasteiger partial charge in [-0.25, -0.2) is 9.97 Å². The predicted octanol–water partition coefficient (Wildman–Crippen LogP) is 0.0375. The molecule has 4 heteroatoms. The number of nitrogens with two attached hydrogens (primary N) is 1. The lowest BCUT2D eigenvalue weighted by molar-refractivity contribution is 0.319. The number of aryl methyl sites for hydroxylation is 1. The van der Waals surface area contributed by atoms with Crippen LogP contribution >= 0.6 is 0 Å². The molecule has 1 rings (SSSR count). The van der Waals surface area contributed by atoms with E-state index in [1.807, 2.05) is 6.92 Å². The van der Waals surface area contributed by atoms with Crippen molar-refractivity contribution in [2.24, 2.45) is 5.90 Å². The van der Waals surface area contributed by atoms with Crippen molar-refractivity contribution >= 4 is 0 Å². The Labute approximate surface area is 52.6 Å². The van der Waals surface area contributed by atoms with Gasteiger partial charge in [0.2, 0.25) is 5.88 Å². The second-order valence-electron chi connectivity index (χ2n) is 1.62. The summed E-state index contributed by atoms with van der Waals surface area (Å²) >= 11 is 0. The highest BCUT2D eigenvalue weighted by Crippen LogP contribution is 2.01. The second-order valence-corrected chi connectivity index (χ2v) is 1.62. The van der Waals surface area contributed by atoms with E-state index in [1.165, 1.54) is 6.33 Å². The number of hydrogen-bond donors (Lipinski definition) is 1.